The van der Waals surface area contributed by atoms with E-state index in [1.165, 1.54) is 12.1 Å². The molecule has 3 heteroatoms. The molecule has 1 aliphatic carbocycles. The predicted molar refractivity (Wildman–Crippen MR) is 105 cm³/mol. The minimum Gasteiger partial charge on any atom is -0.342 e. The summed E-state index contributed by atoms with van der Waals surface area (Å²) >= 11 is 0. The van der Waals surface area contributed by atoms with Crippen LogP contribution in [0, 0.1) is 11.7 Å². The lowest BCUT2D eigenvalue weighted by molar-refractivity contribution is -0.123. The monoisotopic (exact) mass is 359 g/mol. The van der Waals surface area contributed by atoms with Crippen LogP contribution in [0.25, 0.3) is 0 Å². The third-order valence-electron chi connectivity index (χ3n) is 5.48. The van der Waals surface area contributed by atoms with E-state index >= 15 is 0 Å². The summed E-state index contributed by atoms with van der Waals surface area (Å²) < 4.78 is 13.5. The molecule has 0 aromatic heterocycles. The lowest BCUT2D eigenvalue weighted by Gasteiger charge is -2.32. The van der Waals surface area contributed by atoms with Crippen molar-refractivity contribution < 1.29 is 9.18 Å². The van der Waals surface area contributed by atoms with Crippen molar-refractivity contribution in [3.05, 3.63) is 107 Å². The predicted octanol–water partition coefficient (Wildman–Crippen LogP) is 5.01. The average molecular weight is 359 g/mol. The molecule has 1 saturated carbocycles. The molecule has 0 radical (unpaired) electrons. The summed E-state index contributed by atoms with van der Waals surface area (Å²) in [4.78, 5) is 13.0. The van der Waals surface area contributed by atoms with Crippen molar-refractivity contribution in [2.75, 3.05) is 0 Å². The molecule has 0 heterocycles. The van der Waals surface area contributed by atoms with Gasteiger partial charge in [-0.3, -0.25) is 4.79 Å². The van der Waals surface area contributed by atoms with Crippen molar-refractivity contribution in [1.29, 1.82) is 0 Å². The lowest BCUT2D eigenvalue weighted by Crippen LogP contribution is -2.45. The lowest BCUT2D eigenvalue weighted by atomic mass is 9.84. The maximum atomic E-state index is 13.5. The third kappa shape index (κ3) is 3.50. The Labute approximate surface area is 159 Å². The zero-order valence-corrected chi connectivity index (χ0v) is 15.2. The van der Waals surface area contributed by atoms with Gasteiger partial charge < -0.3 is 5.32 Å². The molecule has 4 rings (SSSR count). The van der Waals surface area contributed by atoms with Crippen molar-refractivity contribution in [3.8, 4) is 0 Å². The van der Waals surface area contributed by atoms with Crippen molar-refractivity contribution in [2.24, 2.45) is 5.92 Å². The second kappa shape index (κ2) is 6.99. The zero-order chi connectivity index (χ0) is 18.9. The normalized spacial score (nSPS) is 18.7. The number of amides is 1. The van der Waals surface area contributed by atoms with E-state index in [9.17, 15) is 9.18 Å². The standard InChI is InChI=1S/C24H22FNO/c1-24(18-10-4-2-5-11-18,19-12-6-3-7-13-19)26-23(27)22-16-21(22)17-9-8-14-20(25)15-17/h2-15,21-22H,16H2,1H3,(H,26,27). The van der Waals surface area contributed by atoms with E-state index in [4.69, 9.17) is 0 Å². The fourth-order valence-electron chi connectivity index (χ4n) is 3.78. The van der Waals surface area contributed by atoms with Crippen molar-refractivity contribution in [2.45, 2.75) is 24.8 Å². The maximum Gasteiger partial charge on any atom is 0.224 e. The first-order chi connectivity index (χ1) is 13.1. The zero-order valence-electron chi connectivity index (χ0n) is 15.2. The van der Waals surface area contributed by atoms with Crippen LogP contribution in [-0.2, 0) is 10.3 Å². The van der Waals surface area contributed by atoms with Crippen LogP contribution in [0.2, 0.25) is 0 Å². The van der Waals surface area contributed by atoms with Crippen LogP contribution in [0.15, 0.2) is 84.9 Å². The summed E-state index contributed by atoms with van der Waals surface area (Å²) in [5.41, 5.74) is 2.35. The first-order valence-electron chi connectivity index (χ1n) is 9.26. The molecule has 1 N–H and O–H groups in total. The average Bonchev–Trinajstić information content (AvgIpc) is 3.50. The highest BCUT2D eigenvalue weighted by Crippen LogP contribution is 2.48. The Hall–Kier alpha value is -2.94. The van der Waals surface area contributed by atoms with Gasteiger partial charge in [0.25, 0.3) is 0 Å². The molecule has 3 aromatic carbocycles. The summed E-state index contributed by atoms with van der Waals surface area (Å²) in [7, 11) is 0. The summed E-state index contributed by atoms with van der Waals surface area (Å²) in [6, 6.07) is 26.6. The van der Waals surface area contributed by atoms with E-state index < -0.39 is 5.54 Å². The topological polar surface area (TPSA) is 29.1 Å². The highest BCUT2D eigenvalue weighted by Gasteiger charge is 2.46. The largest absolute Gasteiger partial charge is 0.342 e. The summed E-state index contributed by atoms with van der Waals surface area (Å²) in [6.07, 6.45) is 0.759. The van der Waals surface area contributed by atoms with Crippen LogP contribution >= 0.6 is 0 Å². The molecule has 1 fully saturated rings. The van der Waals surface area contributed by atoms with Gasteiger partial charge in [0.15, 0.2) is 0 Å². The van der Waals surface area contributed by atoms with Gasteiger partial charge in [0.1, 0.15) is 5.82 Å². The van der Waals surface area contributed by atoms with Gasteiger partial charge in [-0.1, -0.05) is 72.8 Å². The highest BCUT2D eigenvalue weighted by molar-refractivity contribution is 5.84. The van der Waals surface area contributed by atoms with E-state index in [0.29, 0.717) is 0 Å². The third-order valence-corrected chi connectivity index (χ3v) is 5.48. The van der Waals surface area contributed by atoms with E-state index in [0.717, 1.165) is 23.1 Å². The van der Waals surface area contributed by atoms with Crippen LogP contribution in [0.3, 0.4) is 0 Å². The molecule has 0 bridgehead atoms. The smallest absolute Gasteiger partial charge is 0.224 e. The Bertz CT molecular complexity index is 899. The molecular formula is C24H22FNO. The first-order valence-corrected chi connectivity index (χ1v) is 9.26. The van der Waals surface area contributed by atoms with Crippen LogP contribution in [-0.4, -0.2) is 5.91 Å². The van der Waals surface area contributed by atoms with Crippen LogP contribution in [0.5, 0.6) is 0 Å². The van der Waals surface area contributed by atoms with Gasteiger partial charge in [-0.05, 0) is 48.1 Å². The number of hydrogen-bond donors (Lipinski definition) is 1. The van der Waals surface area contributed by atoms with Gasteiger partial charge in [-0.2, -0.15) is 0 Å². The van der Waals surface area contributed by atoms with E-state index in [-0.39, 0.29) is 23.6 Å². The number of nitrogens with one attached hydrogen (secondary N) is 1. The van der Waals surface area contributed by atoms with Gasteiger partial charge in [-0.25, -0.2) is 4.39 Å². The quantitative estimate of drug-likeness (QED) is 0.682. The van der Waals surface area contributed by atoms with Crippen LogP contribution in [0.1, 0.15) is 36.0 Å². The van der Waals surface area contributed by atoms with Crippen LogP contribution < -0.4 is 5.32 Å². The number of benzene rings is 3. The first kappa shape index (κ1) is 17.5. The van der Waals surface area contributed by atoms with E-state index in [2.05, 4.69) is 5.32 Å². The maximum absolute atomic E-state index is 13.5. The van der Waals surface area contributed by atoms with E-state index in [1.54, 1.807) is 6.07 Å². The molecular weight excluding hydrogens is 337 g/mol. The molecule has 1 aliphatic rings. The number of rotatable bonds is 5. The SMILES string of the molecule is CC(NC(=O)C1CC1c1cccc(F)c1)(c1ccccc1)c1ccccc1. The molecule has 0 saturated heterocycles. The molecule has 2 unspecified atom stereocenters. The van der Waals surface area contributed by atoms with Gasteiger partial charge in [-0.15, -0.1) is 0 Å². The molecule has 0 aliphatic heterocycles. The van der Waals surface area contributed by atoms with Crippen molar-refractivity contribution >= 4 is 5.91 Å². The second-order valence-corrected chi connectivity index (χ2v) is 7.35. The van der Waals surface area contributed by atoms with Crippen LogP contribution in [0.4, 0.5) is 4.39 Å². The fourth-order valence-corrected chi connectivity index (χ4v) is 3.78. The molecule has 136 valence electrons. The molecule has 0 spiro atoms. The Morgan fingerprint density at radius 2 is 1.52 bits per heavy atom. The number of carbonyl (C=O) groups is 1. The number of carbonyl (C=O) groups excluding carboxylic acids is 1. The molecule has 27 heavy (non-hydrogen) atoms. The number of hydrogen-bond acceptors (Lipinski definition) is 1. The Morgan fingerprint density at radius 1 is 0.926 bits per heavy atom. The second-order valence-electron chi connectivity index (χ2n) is 7.35. The number of halogens is 1. The van der Waals surface area contributed by atoms with Crippen molar-refractivity contribution in [3.63, 3.8) is 0 Å². The molecule has 3 aromatic rings. The van der Waals surface area contributed by atoms with Gasteiger partial charge >= 0.3 is 0 Å². The molecule has 2 nitrogen and oxygen atoms in total. The fraction of sp³-hybridized carbons (Fsp3) is 0.208. The summed E-state index contributed by atoms with van der Waals surface area (Å²) in [6.45, 7) is 2.04. The molecule has 2 atom stereocenters. The summed E-state index contributed by atoms with van der Waals surface area (Å²) in [5, 5.41) is 3.27. The Balaban J connectivity index is 1.59. The minimum atomic E-state index is -0.616. The minimum absolute atomic E-state index is 0.0134. The van der Waals surface area contributed by atoms with Gasteiger partial charge in [0, 0.05) is 5.92 Å². The highest BCUT2D eigenvalue weighted by atomic mass is 19.1. The Kier molecular flexibility index (Phi) is 4.53. The molecule has 1 amide bonds. The van der Waals surface area contributed by atoms with Gasteiger partial charge in [0.2, 0.25) is 5.91 Å². The van der Waals surface area contributed by atoms with E-state index in [1.807, 2.05) is 73.7 Å². The summed E-state index contributed by atoms with van der Waals surface area (Å²) in [5.74, 6) is -0.258. The Morgan fingerprint density at radius 3 is 2.07 bits per heavy atom. The van der Waals surface area contributed by atoms with Gasteiger partial charge in [0.05, 0.1) is 5.54 Å². The van der Waals surface area contributed by atoms with Crippen molar-refractivity contribution in [1.82, 2.24) is 5.32 Å².